The van der Waals surface area contributed by atoms with Crippen molar-refractivity contribution in [3.05, 3.63) is 11.5 Å². The SMILES string of the molecule is CCCCCc1nn(CCO)c(N)c1F. The van der Waals surface area contributed by atoms with E-state index < -0.39 is 5.82 Å². The van der Waals surface area contributed by atoms with Gasteiger partial charge in [-0.3, -0.25) is 0 Å². The minimum Gasteiger partial charge on any atom is -0.394 e. The van der Waals surface area contributed by atoms with E-state index in [0.717, 1.165) is 19.3 Å². The Kier molecular flexibility index (Phi) is 4.55. The number of aryl methyl sites for hydroxylation is 1. The first-order chi connectivity index (χ1) is 7.20. The molecule has 0 bridgehead atoms. The van der Waals surface area contributed by atoms with Crippen molar-refractivity contribution in [1.82, 2.24) is 9.78 Å². The molecule has 0 fully saturated rings. The molecular formula is C10H18FN3O. The Morgan fingerprint density at radius 1 is 1.47 bits per heavy atom. The van der Waals surface area contributed by atoms with Crippen LogP contribution in [-0.4, -0.2) is 21.5 Å². The van der Waals surface area contributed by atoms with Gasteiger partial charge >= 0.3 is 0 Å². The van der Waals surface area contributed by atoms with Gasteiger partial charge in [-0.05, 0) is 12.8 Å². The molecule has 1 rings (SSSR count). The maximum absolute atomic E-state index is 13.5. The Balaban J connectivity index is 2.67. The number of rotatable bonds is 6. The molecule has 0 aliphatic rings. The molecule has 1 aromatic rings. The van der Waals surface area contributed by atoms with Crippen LogP contribution in [-0.2, 0) is 13.0 Å². The molecule has 3 N–H and O–H groups in total. The number of aliphatic hydroxyl groups is 1. The highest BCUT2D eigenvalue weighted by Crippen LogP contribution is 2.16. The van der Waals surface area contributed by atoms with E-state index in [4.69, 9.17) is 10.8 Å². The maximum Gasteiger partial charge on any atom is 0.188 e. The summed E-state index contributed by atoms with van der Waals surface area (Å²) >= 11 is 0. The Bertz CT molecular complexity index is 312. The van der Waals surface area contributed by atoms with E-state index in [-0.39, 0.29) is 19.0 Å². The van der Waals surface area contributed by atoms with Crippen LogP contribution in [0.2, 0.25) is 0 Å². The summed E-state index contributed by atoms with van der Waals surface area (Å²) < 4.78 is 14.8. The number of nitrogens with two attached hydrogens (primary N) is 1. The summed E-state index contributed by atoms with van der Waals surface area (Å²) in [6.07, 6.45) is 3.69. The van der Waals surface area contributed by atoms with Gasteiger partial charge in [-0.1, -0.05) is 19.8 Å². The van der Waals surface area contributed by atoms with Crippen molar-refractivity contribution in [2.45, 2.75) is 39.2 Å². The molecular weight excluding hydrogens is 197 g/mol. The summed E-state index contributed by atoms with van der Waals surface area (Å²) in [5.74, 6) is -0.407. The highest BCUT2D eigenvalue weighted by molar-refractivity contribution is 5.33. The van der Waals surface area contributed by atoms with Crippen molar-refractivity contribution in [3.63, 3.8) is 0 Å². The molecule has 0 saturated carbocycles. The number of hydrogen-bond donors (Lipinski definition) is 2. The van der Waals surface area contributed by atoms with Gasteiger partial charge in [0.1, 0.15) is 5.69 Å². The second-order valence-corrected chi connectivity index (χ2v) is 3.55. The zero-order valence-electron chi connectivity index (χ0n) is 9.04. The first-order valence-corrected chi connectivity index (χ1v) is 5.32. The van der Waals surface area contributed by atoms with Crippen LogP contribution in [0.15, 0.2) is 0 Å². The third-order valence-corrected chi connectivity index (χ3v) is 2.33. The Hall–Kier alpha value is -1.10. The summed E-state index contributed by atoms with van der Waals surface area (Å²) in [5, 5.41) is 12.7. The van der Waals surface area contributed by atoms with Crippen molar-refractivity contribution >= 4 is 5.82 Å². The van der Waals surface area contributed by atoms with Crippen LogP contribution < -0.4 is 5.73 Å². The number of nitrogen functional groups attached to an aromatic ring is 1. The van der Waals surface area contributed by atoms with Crippen molar-refractivity contribution in [1.29, 1.82) is 0 Å². The zero-order valence-corrected chi connectivity index (χ0v) is 9.04. The predicted octanol–water partition coefficient (Wildman–Crippen LogP) is 1.33. The van der Waals surface area contributed by atoms with Gasteiger partial charge in [0, 0.05) is 0 Å². The summed E-state index contributed by atoms with van der Waals surface area (Å²) in [6, 6.07) is 0. The normalized spacial score (nSPS) is 10.9. The lowest BCUT2D eigenvalue weighted by Gasteiger charge is -1.98. The van der Waals surface area contributed by atoms with Gasteiger partial charge in [-0.2, -0.15) is 5.10 Å². The molecule has 0 unspecified atom stereocenters. The number of hydrogen-bond acceptors (Lipinski definition) is 3. The molecule has 5 heteroatoms. The molecule has 0 aliphatic heterocycles. The predicted molar refractivity (Wildman–Crippen MR) is 56.9 cm³/mol. The van der Waals surface area contributed by atoms with Crippen LogP contribution in [0.5, 0.6) is 0 Å². The van der Waals surface area contributed by atoms with E-state index in [0.29, 0.717) is 12.1 Å². The van der Waals surface area contributed by atoms with E-state index in [1.807, 2.05) is 0 Å². The van der Waals surface area contributed by atoms with Crippen LogP contribution in [0.1, 0.15) is 31.9 Å². The molecule has 0 amide bonds. The number of aromatic nitrogens is 2. The topological polar surface area (TPSA) is 64.1 Å². The Morgan fingerprint density at radius 3 is 2.80 bits per heavy atom. The lowest BCUT2D eigenvalue weighted by molar-refractivity contribution is 0.270. The average molecular weight is 215 g/mol. The van der Waals surface area contributed by atoms with E-state index in [1.165, 1.54) is 4.68 Å². The van der Waals surface area contributed by atoms with Gasteiger partial charge in [0.25, 0.3) is 0 Å². The number of halogens is 1. The van der Waals surface area contributed by atoms with E-state index >= 15 is 0 Å². The first-order valence-electron chi connectivity index (χ1n) is 5.32. The van der Waals surface area contributed by atoms with Crippen LogP contribution in [0, 0.1) is 5.82 Å². The molecule has 0 radical (unpaired) electrons. The molecule has 1 aromatic heterocycles. The average Bonchev–Trinajstić information content (AvgIpc) is 2.48. The third-order valence-electron chi connectivity index (χ3n) is 2.33. The fourth-order valence-corrected chi connectivity index (χ4v) is 1.47. The number of anilines is 1. The van der Waals surface area contributed by atoms with Gasteiger partial charge in [-0.15, -0.1) is 0 Å². The summed E-state index contributed by atoms with van der Waals surface area (Å²) in [5.41, 5.74) is 5.92. The molecule has 0 aliphatic carbocycles. The molecule has 86 valence electrons. The van der Waals surface area contributed by atoms with Gasteiger partial charge in [-0.25, -0.2) is 9.07 Å². The van der Waals surface area contributed by atoms with Crippen molar-refractivity contribution in [3.8, 4) is 0 Å². The van der Waals surface area contributed by atoms with Gasteiger partial charge in [0.05, 0.1) is 13.2 Å². The van der Waals surface area contributed by atoms with Gasteiger partial charge in [0.15, 0.2) is 11.6 Å². The number of nitrogens with zero attached hydrogens (tertiary/aromatic N) is 2. The van der Waals surface area contributed by atoms with Gasteiger partial charge in [0.2, 0.25) is 0 Å². The van der Waals surface area contributed by atoms with Crippen molar-refractivity contribution in [2.75, 3.05) is 12.3 Å². The first kappa shape index (κ1) is 12.0. The second kappa shape index (κ2) is 5.70. The van der Waals surface area contributed by atoms with E-state index in [9.17, 15) is 4.39 Å². The third kappa shape index (κ3) is 2.92. The minimum atomic E-state index is -0.431. The van der Waals surface area contributed by atoms with Crippen molar-refractivity contribution < 1.29 is 9.50 Å². The van der Waals surface area contributed by atoms with Crippen LogP contribution in [0.4, 0.5) is 10.2 Å². The summed E-state index contributed by atoms with van der Waals surface area (Å²) in [6.45, 7) is 2.26. The highest BCUT2D eigenvalue weighted by atomic mass is 19.1. The quantitative estimate of drug-likeness (QED) is 0.704. The van der Waals surface area contributed by atoms with Gasteiger partial charge < -0.3 is 10.8 Å². The molecule has 0 saturated heterocycles. The van der Waals surface area contributed by atoms with Crippen LogP contribution >= 0.6 is 0 Å². The molecule has 1 heterocycles. The van der Waals surface area contributed by atoms with Crippen LogP contribution in [0.25, 0.3) is 0 Å². The lowest BCUT2D eigenvalue weighted by Crippen LogP contribution is -2.08. The maximum atomic E-state index is 13.5. The summed E-state index contributed by atoms with van der Waals surface area (Å²) in [4.78, 5) is 0. The zero-order chi connectivity index (χ0) is 11.3. The molecule has 15 heavy (non-hydrogen) atoms. The standard InChI is InChI=1S/C10H18FN3O/c1-2-3-4-5-8-9(11)10(12)14(13-8)6-7-15/h15H,2-7,12H2,1H3. The fraction of sp³-hybridized carbons (Fsp3) is 0.700. The van der Waals surface area contributed by atoms with E-state index in [1.54, 1.807) is 0 Å². The molecule has 0 atom stereocenters. The summed E-state index contributed by atoms with van der Waals surface area (Å²) in [7, 11) is 0. The smallest absolute Gasteiger partial charge is 0.188 e. The monoisotopic (exact) mass is 215 g/mol. The number of unbranched alkanes of at least 4 members (excludes halogenated alkanes) is 2. The molecule has 0 aromatic carbocycles. The molecule has 0 spiro atoms. The highest BCUT2D eigenvalue weighted by Gasteiger charge is 2.14. The van der Waals surface area contributed by atoms with Crippen LogP contribution in [0.3, 0.4) is 0 Å². The van der Waals surface area contributed by atoms with Crippen molar-refractivity contribution in [2.24, 2.45) is 0 Å². The largest absolute Gasteiger partial charge is 0.394 e. The molecule has 4 nitrogen and oxygen atoms in total. The Morgan fingerprint density at radius 2 is 2.20 bits per heavy atom. The van der Waals surface area contributed by atoms with E-state index in [2.05, 4.69) is 12.0 Å². The lowest BCUT2D eigenvalue weighted by atomic mass is 10.1. The number of aliphatic hydroxyl groups excluding tert-OH is 1. The Labute approximate surface area is 88.9 Å². The minimum absolute atomic E-state index is 0.0237. The fourth-order valence-electron chi connectivity index (χ4n) is 1.47. The second-order valence-electron chi connectivity index (χ2n) is 3.55.